The van der Waals surface area contributed by atoms with Gasteiger partial charge < -0.3 is 10.4 Å². The van der Waals surface area contributed by atoms with Crippen molar-refractivity contribution in [2.24, 2.45) is 5.41 Å². The van der Waals surface area contributed by atoms with Gasteiger partial charge in [-0.15, -0.1) is 0 Å². The summed E-state index contributed by atoms with van der Waals surface area (Å²) >= 11 is 0. The molecule has 0 aromatic heterocycles. The van der Waals surface area contributed by atoms with E-state index in [0.717, 1.165) is 31.7 Å². The van der Waals surface area contributed by atoms with Crippen LogP contribution in [0.3, 0.4) is 0 Å². The van der Waals surface area contributed by atoms with Gasteiger partial charge in [0.1, 0.15) is 11.6 Å². The van der Waals surface area contributed by atoms with Gasteiger partial charge in [0.2, 0.25) is 0 Å². The van der Waals surface area contributed by atoms with Crippen molar-refractivity contribution in [1.29, 1.82) is 0 Å². The smallest absolute Gasteiger partial charge is 0.126 e. The van der Waals surface area contributed by atoms with Gasteiger partial charge in [-0.3, -0.25) is 0 Å². The fourth-order valence-corrected chi connectivity index (χ4v) is 2.88. The number of rotatable bonds is 5. The molecular weight excluding hydrogens is 248 g/mol. The number of benzene rings is 1. The number of aliphatic hydroxyl groups excluding tert-OH is 1. The van der Waals surface area contributed by atoms with Crippen LogP contribution in [0.4, 0.5) is 8.78 Å². The molecule has 19 heavy (non-hydrogen) atoms. The van der Waals surface area contributed by atoms with Crippen LogP contribution in [0.1, 0.15) is 37.7 Å². The van der Waals surface area contributed by atoms with Crippen molar-refractivity contribution in [2.45, 2.75) is 38.6 Å². The lowest BCUT2D eigenvalue weighted by Crippen LogP contribution is -2.38. The summed E-state index contributed by atoms with van der Waals surface area (Å²) in [5.41, 5.74) is 0.547. The molecule has 0 radical (unpaired) electrons. The first-order valence-corrected chi connectivity index (χ1v) is 6.90. The Morgan fingerprint density at radius 2 is 1.68 bits per heavy atom. The van der Waals surface area contributed by atoms with Crippen LogP contribution >= 0.6 is 0 Å². The van der Waals surface area contributed by atoms with Gasteiger partial charge >= 0.3 is 0 Å². The van der Waals surface area contributed by atoms with Crippen molar-refractivity contribution < 1.29 is 13.9 Å². The highest BCUT2D eigenvalue weighted by Crippen LogP contribution is 2.35. The summed E-state index contributed by atoms with van der Waals surface area (Å²) in [5, 5.41) is 12.8. The number of hydrogen-bond acceptors (Lipinski definition) is 2. The molecular formula is C15H21F2NO. The van der Waals surface area contributed by atoms with Crippen LogP contribution in [0.25, 0.3) is 0 Å². The minimum atomic E-state index is -0.550. The van der Waals surface area contributed by atoms with Crippen molar-refractivity contribution in [2.75, 3.05) is 13.2 Å². The van der Waals surface area contributed by atoms with Crippen molar-refractivity contribution in [3.8, 4) is 0 Å². The zero-order valence-corrected chi connectivity index (χ0v) is 11.1. The van der Waals surface area contributed by atoms with E-state index in [1.807, 2.05) is 0 Å². The zero-order valence-electron chi connectivity index (χ0n) is 11.1. The van der Waals surface area contributed by atoms with Gasteiger partial charge in [-0.05, 0) is 30.5 Å². The van der Waals surface area contributed by atoms with E-state index < -0.39 is 11.6 Å². The summed E-state index contributed by atoms with van der Waals surface area (Å²) in [6, 6.07) is 3.55. The first kappa shape index (κ1) is 14.4. The van der Waals surface area contributed by atoms with Gasteiger partial charge in [0.05, 0.1) is 0 Å². The molecule has 0 atom stereocenters. The summed E-state index contributed by atoms with van der Waals surface area (Å²) in [6.45, 7) is 1.30. The molecule has 0 aliphatic heterocycles. The molecule has 0 unspecified atom stereocenters. The molecule has 0 spiro atoms. The maximum Gasteiger partial charge on any atom is 0.126 e. The Morgan fingerprint density at radius 3 is 2.26 bits per heavy atom. The Balaban J connectivity index is 1.88. The first-order chi connectivity index (χ1) is 9.13. The molecule has 1 aromatic carbocycles. The van der Waals surface area contributed by atoms with E-state index in [1.54, 1.807) is 0 Å². The number of halogens is 2. The van der Waals surface area contributed by atoms with Crippen LogP contribution < -0.4 is 5.32 Å². The van der Waals surface area contributed by atoms with Gasteiger partial charge in [-0.2, -0.15) is 0 Å². The minimum absolute atomic E-state index is 0.0515. The zero-order chi connectivity index (χ0) is 13.7. The normalized spacial score (nSPS) is 18.5. The predicted molar refractivity (Wildman–Crippen MR) is 70.7 cm³/mol. The molecule has 1 fully saturated rings. The Kier molecular flexibility index (Phi) is 4.88. The van der Waals surface area contributed by atoms with Gasteiger partial charge in [0, 0.05) is 31.2 Å². The number of hydrogen-bond donors (Lipinski definition) is 2. The maximum atomic E-state index is 13.0. The molecule has 1 aliphatic carbocycles. The monoisotopic (exact) mass is 269 g/mol. The van der Waals surface area contributed by atoms with Crippen LogP contribution in [-0.2, 0) is 6.54 Å². The Hall–Kier alpha value is -1.00. The standard InChI is InChI=1S/C15H21F2NO/c16-13-6-12(7-14(17)8-13)9-18-10-15(11-19)4-2-1-3-5-15/h6-8,18-19H,1-5,9-11H2. The summed E-state index contributed by atoms with van der Waals surface area (Å²) < 4.78 is 26.1. The average molecular weight is 269 g/mol. The quantitative estimate of drug-likeness (QED) is 0.861. The van der Waals surface area contributed by atoms with Crippen molar-refractivity contribution in [3.05, 3.63) is 35.4 Å². The number of aliphatic hydroxyl groups is 1. The highest BCUT2D eigenvalue weighted by Gasteiger charge is 2.30. The van der Waals surface area contributed by atoms with Gasteiger partial charge in [-0.1, -0.05) is 19.3 Å². The molecule has 1 aliphatic rings. The Labute approximate surface area is 112 Å². The Morgan fingerprint density at radius 1 is 1.05 bits per heavy atom. The molecule has 2 N–H and O–H groups in total. The van der Waals surface area contributed by atoms with Crippen molar-refractivity contribution >= 4 is 0 Å². The molecule has 2 rings (SSSR count). The molecule has 0 bridgehead atoms. The molecule has 2 nitrogen and oxygen atoms in total. The molecule has 0 saturated heterocycles. The van der Waals surface area contributed by atoms with E-state index in [0.29, 0.717) is 18.7 Å². The lowest BCUT2D eigenvalue weighted by molar-refractivity contribution is 0.0810. The average Bonchev–Trinajstić information content (AvgIpc) is 2.39. The maximum absolute atomic E-state index is 13.0. The van der Waals surface area contributed by atoms with E-state index in [-0.39, 0.29) is 12.0 Å². The third-order valence-electron chi connectivity index (χ3n) is 4.00. The van der Waals surface area contributed by atoms with E-state index in [2.05, 4.69) is 5.32 Å². The van der Waals surface area contributed by atoms with Gasteiger partial charge in [0.25, 0.3) is 0 Å². The SMILES string of the molecule is OCC1(CNCc2cc(F)cc(F)c2)CCCCC1. The summed E-state index contributed by atoms with van der Waals surface area (Å²) in [5.74, 6) is -1.10. The van der Waals surface area contributed by atoms with Crippen LogP contribution in [0.5, 0.6) is 0 Å². The van der Waals surface area contributed by atoms with E-state index in [4.69, 9.17) is 0 Å². The molecule has 0 amide bonds. The summed E-state index contributed by atoms with van der Waals surface area (Å²) in [6.07, 6.45) is 5.58. The fourth-order valence-electron chi connectivity index (χ4n) is 2.88. The summed E-state index contributed by atoms with van der Waals surface area (Å²) in [7, 11) is 0. The first-order valence-electron chi connectivity index (χ1n) is 6.90. The third kappa shape index (κ3) is 3.98. The molecule has 4 heteroatoms. The van der Waals surface area contributed by atoms with Gasteiger partial charge in [-0.25, -0.2) is 8.78 Å². The van der Waals surface area contributed by atoms with Crippen LogP contribution in [0.15, 0.2) is 18.2 Å². The highest BCUT2D eigenvalue weighted by molar-refractivity contribution is 5.17. The van der Waals surface area contributed by atoms with E-state index in [9.17, 15) is 13.9 Å². The van der Waals surface area contributed by atoms with Crippen molar-refractivity contribution in [3.63, 3.8) is 0 Å². The van der Waals surface area contributed by atoms with Crippen LogP contribution in [-0.4, -0.2) is 18.3 Å². The predicted octanol–water partition coefficient (Wildman–Crippen LogP) is 3.00. The second kappa shape index (κ2) is 6.44. The topological polar surface area (TPSA) is 32.3 Å². The van der Waals surface area contributed by atoms with Crippen LogP contribution in [0, 0.1) is 17.0 Å². The third-order valence-corrected chi connectivity index (χ3v) is 4.00. The lowest BCUT2D eigenvalue weighted by atomic mass is 9.74. The second-order valence-corrected chi connectivity index (χ2v) is 5.60. The largest absolute Gasteiger partial charge is 0.396 e. The van der Waals surface area contributed by atoms with Crippen LogP contribution in [0.2, 0.25) is 0 Å². The number of nitrogens with one attached hydrogen (secondary N) is 1. The molecule has 1 saturated carbocycles. The molecule has 106 valence electrons. The molecule has 0 heterocycles. The highest BCUT2D eigenvalue weighted by atomic mass is 19.1. The summed E-state index contributed by atoms with van der Waals surface area (Å²) in [4.78, 5) is 0. The lowest BCUT2D eigenvalue weighted by Gasteiger charge is -2.35. The Bertz CT molecular complexity index is 396. The van der Waals surface area contributed by atoms with Gasteiger partial charge in [0.15, 0.2) is 0 Å². The molecule has 1 aromatic rings. The second-order valence-electron chi connectivity index (χ2n) is 5.60. The van der Waals surface area contributed by atoms with E-state index >= 15 is 0 Å². The van der Waals surface area contributed by atoms with Crippen molar-refractivity contribution in [1.82, 2.24) is 5.32 Å². The van der Waals surface area contributed by atoms with E-state index in [1.165, 1.54) is 18.6 Å². The minimum Gasteiger partial charge on any atom is -0.396 e. The fraction of sp³-hybridized carbons (Fsp3) is 0.600.